The van der Waals surface area contributed by atoms with Crippen molar-refractivity contribution in [1.29, 1.82) is 0 Å². The van der Waals surface area contributed by atoms with Crippen LogP contribution in [0.15, 0.2) is 46.9 Å². The minimum atomic E-state index is -0.0861. The molecule has 0 bridgehead atoms. The number of nitrogens with one attached hydrogen (secondary N) is 1. The third kappa shape index (κ3) is 3.58. The average molecular weight is 320 g/mol. The van der Waals surface area contributed by atoms with Crippen molar-refractivity contribution in [2.24, 2.45) is 0 Å². The van der Waals surface area contributed by atoms with Gasteiger partial charge in [-0.05, 0) is 52.2 Å². The second-order valence-corrected chi connectivity index (χ2v) is 5.12. The number of anilines is 1. The Kier molecular flexibility index (Phi) is 4.22. The van der Waals surface area contributed by atoms with E-state index in [9.17, 15) is 9.90 Å². The topological polar surface area (TPSA) is 49.3 Å². The molecule has 98 valence electrons. The van der Waals surface area contributed by atoms with Gasteiger partial charge in [0.1, 0.15) is 5.75 Å². The van der Waals surface area contributed by atoms with Crippen LogP contribution in [0, 0.1) is 6.92 Å². The zero-order chi connectivity index (χ0) is 13.8. The Balaban J connectivity index is 2.05. The molecule has 0 aromatic heterocycles. The van der Waals surface area contributed by atoms with Gasteiger partial charge in [0.25, 0.3) is 0 Å². The summed E-state index contributed by atoms with van der Waals surface area (Å²) in [6.07, 6.45) is 0.278. The Labute approximate surface area is 120 Å². The van der Waals surface area contributed by atoms with Crippen molar-refractivity contribution < 1.29 is 9.90 Å². The van der Waals surface area contributed by atoms with Crippen LogP contribution in [-0.4, -0.2) is 11.0 Å². The number of phenols is 1. The van der Waals surface area contributed by atoms with Gasteiger partial charge in [-0.2, -0.15) is 0 Å². The van der Waals surface area contributed by atoms with Crippen molar-refractivity contribution in [3.63, 3.8) is 0 Å². The van der Waals surface area contributed by atoms with Crippen LogP contribution < -0.4 is 5.32 Å². The first-order chi connectivity index (χ1) is 9.06. The van der Waals surface area contributed by atoms with Gasteiger partial charge >= 0.3 is 0 Å². The molecular formula is C15H14BrNO2. The van der Waals surface area contributed by atoms with E-state index in [0.717, 1.165) is 21.3 Å². The minimum absolute atomic E-state index is 0.0861. The first-order valence-corrected chi connectivity index (χ1v) is 6.68. The van der Waals surface area contributed by atoms with Gasteiger partial charge in [-0.1, -0.05) is 24.3 Å². The number of aromatic hydroxyl groups is 1. The molecule has 0 radical (unpaired) electrons. The van der Waals surface area contributed by atoms with Crippen LogP contribution in [0.3, 0.4) is 0 Å². The molecular weight excluding hydrogens is 306 g/mol. The number of aryl methyl sites for hydroxylation is 1. The van der Waals surface area contributed by atoms with E-state index < -0.39 is 0 Å². The number of rotatable bonds is 3. The molecule has 0 spiro atoms. The smallest absolute Gasteiger partial charge is 0.228 e. The summed E-state index contributed by atoms with van der Waals surface area (Å²) in [5.41, 5.74) is 2.70. The highest BCUT2D eigenvalue weighted by Gasteiger charge is 2.07. The molecule has 0 saturated heterocycles. The van der Waals surface area contributed by atoms with Gasteiger partial charge in [0.15, 0.2) is 0 Å². The third-order valence-corrected chi connectivity index (χ3v) is 3.82. The van der Waals surface area contributed by atoms with E-state index in [1.165, 1.54) is 0 Å². The Morgan fingerprint density at radius 3 is 2.58 bits per heavy atom. The molecule has 0 unspecified atom stereocenters. The highest BCUT2D eigenvalue weighted by Crippen LogP contribution is 2.25. The highest BCUT2D eigenvalue weighted by atomic mass is 79.9. The van der Waals surface area contributed by atoms with Crippen LogP contribution in [0.1, 0.15) is 11.1 Å². The van der Waals surface area contributed by atoms with Gasteiger partial charge in [0.05, 0.1) is 12.1 Å². The zero-order valence-electron chi connectivity index (χ0n) is 10.5. The molecule has 2 rings (SSSR count). The van der Waals surface area contributed by atoms with Crippen molar-refractivity contribution in [2.45, 2.75) is 13.3 Å². The van der Waals surface area contributed by atoms with Gasteiger partial charge in [0.2, 0.25) is 5.91 Å². The maximum Gasteiger partial charge on any atom is 0.228 e. The van der Waals surface area contributed by atoms with E-state index in [2.05, 4.69) is 21.2 Å². The first kappa shape index (κ1) is 13.6. The molecule has 19 heavy (non-hydrogen) atoms. The SMILES string of the molecule is Cc1cccc(NC(=O)Cc2ccc(O)cc2)c1Br. The third-order valence-electron chi connectivity index (χ3n) is 2.77. The van der Waals surface area contributed by atoms with Crippen molar-refractivity contribution in [3.05, 3.63) is 58.1 Å². The van der Waals surface area contributed by atoms with Gasteiger partial charge in [-0.3, -0.25) is 4.79 Å². The predicted molar refractivity (Wildman–Crippen MR) is 79.3 cm³/mol. The second kappa shape index (κ2) is 5.89. The number of amides is 1. The van der Waals surface area contributed by atoms with E-state index in [1.54, 1.807) is 24.3 Å². The Morgan fingerprint density at radius 1 is 1.21 bits per heavy atom. The summed E-state index contributed by atoms with van der Waals surface area (Å²) in [5.74, 6) is 0.113. The molecule has 0 aliphatic rings. The van der Waals surface area contributed by atoms with Crippen LogP contribution in [0.2, 0.25) is 0 Å². The molecule has 2 N–H and O–H groups in total. The summed E-state index contributed by atoms with van der Waals surface area (Å²) in [6.45, 7) is 1.97. The molecule has 0 aliphatic carbocycles. The second-order valence-electron chi connectivity index (χ2n) is 4.33. The number of hydrogen-bond acceptors (Lipinski definition) is 2. The number of carbonyl (C=O) groups is 1. The lowest BCUT2D eigenvalue weighted by Gasteiger charge is -2.09. The van der Waals surface area contributed by atoms with Gasteiger partial charge in [-0.15, -0.1) is 0 Å². The largest absolute Gasteiger partial charge is 0.508 e. The number of halogens is 1. The molecule has 2 aromatic rings. The molecule has 3 nitrogen and oxygen atoms in total. The molecule has 1 amide bonds. The van der Waals surface area contributed by atoms with Crippen LogP contribution in [0.25, 0.3) is 0 Å². The van der Waals surface area contributed by atoms with Crippen molar-refractivity contribution in [2.75, 3.05) is 5.32 Å². The molecule has 0 aliphatic heterocycles. The molecule has 4 heteroatoms. The maximum atomic E-state index is 11.9. The Hall–Kier alpha value is -1.81. The first-order valence-electron chi connectivity index (χ1n) is 5.89. The normalized spacial score (nSPS) is 10.2. The van der Waals surface area contributed by atoms with Gasteiger partial charge in [-0.25, -0.2) is 0 Å². The number of carbonyl (C=O) groups excluding carboxylic acids is 1. The van der Waals surface area contributed by atoms with Crippen LogP contribution >= 0.6 is 15.9 Å². The number of benzene rings is 2. The highest BCUT2D eigenvalue weighted by molar-refractivity contribution is 9.10. The lowest BCUT2D eigenvalue weighted by Crippen LogP contribution is -2.14. The van der Waals surface area contributed by atoms with Gasteiger partial charge in [0, 0.05) is 4.47 Å². The maximum absolute atomic E-state index is 11.9. The summed E-state index contributed by atoms with van der Waals surface area (Å²) in [5, 5.41) is 12.1. The summed E-state index contributed by atoms with van der Waals surface area (Å²) in [7, 11) is 0. The monoisotopic (exact) mass is 319 g/mol. The van der Waals surface area contributed by atoms with Crippen LogP contribution in [0.5, 0.6) is 5.75 Å². The van der Waals surface area contributed by atoms with Crippen LogP contribution in [0.4, 0.5) is 5.69 Å². The standard InChI is InChI=1S/C15H14BrNO2/c1-10-3-2-4-13(15(10)16)17-14(19)9-11-5-7-12(18)8-6-11/h2-8,18H,9H2,1H3,(H,17,19). The summed E-state index contributed by atoms with van der Waals surface area (Å²) < 4.78 is 0.897. The Bertz CT molecular complexity index is 594. The molecule has 0 fully saturated rings. The van der Waals surface area contributed by atoms with E-state index in [-0.39, 0.29) is 18.1 Å². The zero-order valence-corrected chi connectivity index (χ0v) is 12.1. The van der Waals surface area contributed by atoms with E-state index in [4.69, 9.17) is 0 Å². The van der Waals surface area contributed by atoms with E-state index in [0.29, 0.717) is 0 Å². The number of phenolic OH excluding ortho intramolecular Hbond substituents is 1. The Morgan fingerprint density at radius 2 is 1.89 bits per heavy atom. The molecule has 0 saturated carbocycles. The minimum Gasteiger partial charge on any atom is -0.508 e. The lowest BCUT2D eigenvalue weighted by atomic mass is 10.1. The predicted octanol–water partition coefficient (Wildman–Crippen LogP) is 3.64. The van der Waals surface area contributed by atoms with Crippen LogP contribution in [-0.2, 0) is 11.2 Å². The molecule has 0 heterocycles. The fraction of sp³-hybridized carbons (Fsp3) is 0.133. The fourth-order valence-corrected chi connectivity index (χ4v) is 2.10. The molecule has 2 aromatic carbocycles. The van der Waals surface area contributed by atoms with Gasteiger partial charge < -0.3 is 10.4 Å². The summed E-state index contributed by atoms with van der Waals surface area (Å²) >= 11 is 3.46. The van der Waals surface area contributed by atoms with Crippen molar-refractivity contribution >= 4 is 27.5 Å². The van der Waals surface area contributed by atoms with E-state index in [1.807, 2.05) is 25.1 Å². The number of hydrogen-bond donors (Lipinski definition) is 2. The fourth-order valence-electron chi connectivity index (χ4n) is 1.74. The van der Waals surface area contributed by atoms with Crippen molar-refractivity contribution in [1.82, 2.24) is 0 Å². The lowest BCUT2D eigenvalue weighted by molar-refractivity contribution is -0.115. The quantitative estimate of drug-likeness (QED) is 0.907. The molecule has 0 atom stereocenters. The van der Waals surface area contributed by atoms with Crippen molar-refractivity contribution in [3.8, 4) is 5.75 Å². The average Bonchev–Trinajstić information content (AvgIpc) is 2.38. The summed E-state index contributed by atoms with van der Waals surface area (Å²) in [6, 6.07) is 12.3. The van der Waals surface area contributed by atoms with E-state index >= 15 is 0 Å². The summed E-state index contributed by atoms with van der Waals surface area (Å²) in [4.78, 5) is 11.9.